The van der Waals surface area contributed by atoms with Crippen LogP contribution in [0.4, 0.5) is 5.69 Å². The van der Waals surface area contributed by atoms with Crippen LogP contribution in [0.1, 0.15) is 36.2 Å². The average molecular weight is 349 g/mol. The summed E-state index contributed by atoms with van der Waals surface area (Å²) in [5.74, 6) is 0.610. The Bertz CT molecular complexity index is 771. The molecule has 0 amide bonds. The zero-order valence-corrected chi connectivity index (χ0v) is 15.9. The molecule has 0 bridgehead atoms. The van der Waals surface area contributed by atoms with Gasteiger partial charge in [-0.25, -0.2) is 0 Å². The van der Waals surface area contributed by atoms with E-state index < -0.39 is 0 Å². The maximum atomic E-state index is 9.59. The van der Waals surface area contributed by atoms with Gasteiger partial charge in [-0.3, -0.25) is 4.90 Å². The second-order valence-electron chi connectivity index (χ2n) is 7.48. The predicted molar refractivity (Wildman–Crippen MR) is 104 cm³/mol. The molecule has 1 aliphatic rings. The van der Waals surface area contributed by atoms with Crippen LogP contribution in [0.3, 0.4) is 0 Å². The highest BCUT2D eigenvalue weighted by molar-refractivity contribution is 5.63. The van der Waals surface area contributed by atoms with Gasteiger partial charge in [0, 0.05) is 38.9 Å². The standard InChI is InChI=1S/C21H27N5/c1-16(2)11-18-13-21(19(14-22)12-17(18)3)26-9-7-25(8-10-26)15-20-5-4-6-23-24-20/h4-6,12-13,16H,7-11,15H2,1-3H3. The number of aromatic nitrogens is 2. The van der Waals surface area contributed by atoms with Gasteiger partial charge in [0.25, 0.3) is 0 Å². The van der Waals surface area contributed by atoms with Crippen molar-refractivity contribution >= 4 is 5.69 Å². The highest BCUT2D eigenvalue weighted by atomic mass is 15.3. The molecule has 0 saturated carbocycles. The van der Waals surface area contributed by atoms with Crippen LogP contribution in [0.2, 0.25) is 0 Å². The molecule has 5 nitrogen and oxygen atoms in total. The Balaban J connectivity index is 1.71. The Hall–Kier alpha value is -2.45. The zero-order chi connectivity index (χ0) is 18.5. The van der Waals surface area contributed by atoms with Crippen molar-refractivity contribution in [1.29, 1.82) is 5.26 Å². The van der Waals surface area contributed by atoms with Crippen LogP contribution in [0.25, 0.3) is 0 Å². The van der Waals surface area contributed by atoms with E-state index in [0.29, 0.717) is 5.92 Å². The Kier molecular flexibility index (Phi) is 5.85. The van der Waals surface area contributed by atoms with Gasteiger partial charge in [0.1, 0.15) is 6.07 Å². The lowest BCUT2D eigenvalue weighted by atomic mass is 9.95. The summed E-state index contributed by atoms with van der Waals surface area (Å²) in [5.41, 5.74) is 5.47. The molecule has 3 rings (SSSR count). The van der Waals surface area contributed by atoms with Crippen molar-refractivity contribution in [2.24, 2.45) is 5.92 Å². The predicted octanol–water partition coefficient (Wildman–Crippen LogP) is 3.18. The van der Waals surface area contributed by atoms with Crippen LogP contribution in [0.15, 0.2) is 30.5 Å². The van der Waals surface area contributed by atoms with Crippen molar-refractivity contribution in [1.82, 2.24) is 15.1 Å². The molecule has 1 aromatic carbocycles. The molecule has 1 aliphatic heterocycles. The van der Waals surface area contributed by atoms with Crippen LogP contribution >= 0.6 is 0 Å². The van der Waals surface area contributed by atoms with Gasteiger partial charge in [-0.15, -0.1) is 0 Å². The fraction of sp³-hybridized carbons (Fsp3) is 0.476. The number of benzene rings is 1. The molecule has 0 N–H and O–H groups in total. The molecule has 1 fully saturated rings. The lowest BCUT2D eigenvalue weighted by Crippen LogP contribution is -2.46. The quantitative estimate of drug-likeness (QED) is 0.830. The van der Waals surface area contributed by atoms with E-state index >= 15 is 0 Å². The second kappa shape index (κ2) is 8.29. The molecule has 0 spiro atoms. The van der Waals surface area contributed by atoms with Crippen molar-refractivity contribution in [2.75, 3.05) is 31.1 Å². The van der Waals surface area contributed by atoms with Crippen molar-refractivity contribution in [3.8, 4) is 6.07 Å². The molecule has 0 radical (unpaired) electrons. The van der Waals surface area contributed by atoms with Gasteiger partial charge in [0.2, 0.25) is 0 Å². The molecular formula is C21H27N5. The van der Waals surface area contributed by atoms with Crippen LogP contribution < -0.4 is 4.90 Å². The number of anilines is 1. The SMILES string of the molecule is Cc1cc(C#N)c(N2CCN(Cc3cccnn3)CC2)cc1CC(C)C. The van der Waals surface area contributed by atoms with Crippen LogP contribution in [0, 0.1) is 24.2 Å². The van der Waals surface area contributed by atoms with Gasteiger partial charge in [0.15, 0.2) is 0 Å². The number of rotatable bonds is 5. The zero-order valence-electron chi connectivity index (χ0n) is 15.9. The van der Waals surface area contributed by atoms with Gasteiger partial charge in [0.05, 0.1) is 16.9 Å². The van der Waals surface area contributed by atoms with Gasteiger partial charge in [-0.2, -0.15) is 15.5 Å². The highest BCUT2D eigenvalue weighted by Crippen LogP contribution is 2.27. The van der Waals surface area contributed by atoms with E-state index in [-0.39, 0.29) is 0 Å². The largest absolute Gasteiger partial charge is 0.368 e. The van der Waals surface area contributed by atoms with E-state index in [1.807, 2.05) is 12.1 Å². The molecule has 26 heavy (non-hydrogen) atoms. The summed E-state index contributed by atoms with van der Waals surface area (Å²) in [6.07, 6.45) is 2.76. The van der Waals surface area contributed by atoms with Crippen LogP contribution in [-0.4, -0.2) is 41.3 Å². The van der Waals surface area contributed by atoms with Crippen molar-refractivity contribution in [3.63, 3.8) is 0 Å². The molecule has 0 aliphatic carbocycles. The molecular weight excluding hydrogens is 322 g/mol. The number of aryl methyl sites for hydroxylation is 1. The third-order valence-corrected chi connectivity index (χ3v) is 4.93. The smallest absolute Gasteiger partial charge is 0.101 e. The van der Waals surface area contributed by atoms with E-state index in [9.17, 15) is 5.26 Å². The number of hydrogen-bond acceptors (Lipinski definition) is 5. The monoisotopic (exact) mass is 349 g/mol. The first-order valence-electron chi connectivity index (χ1n) is 9.34. The molecule has 1 aromatic heterocycles. The summed E-state index contributed by atoms with van der Waals surface area (Å²) >= 11 is 0. The lowest BCUT2D eigenvalue weighted by molar-refractivity contribution is 0.246. The Labute approximate surface area is 156 Å². The summed E-state index contributed by atoms with van der Waals surface area (Å²) in [4.78, 5) is 4.75. The van der Waals surface area contributed by atoms with E-state index in [4.69, 9.17) is 0 Å². The van der Waals surface area contributed by atoms with Crippen molar-refractivity contribution < 1.29 is 0 Å². The van der Waals surface area contributed by atoms with Crippen LogP contribution in [-0.2, 0) is 13.0 Å². The number of nitrogens with zero attached hydrogens (tertiary/aromatic N) is 5. The number of piperazine rings is 1. The van der Waals surface area contributed by atoms with E-state index in [1.165, 1.54) is 11.1 Å². The topological polar surface area (TPSA) is 56.1 Å². The lowest BCUT2D eigenvalue weighted by Gasteiger charge is -2.36. The van der Waals surface area contributed by atoms with Gasteiger partial charge in [-0.1, -0.05) is 13.8 Å². The van der Waals surface area contributed by atoms with Gasteiger partial charge in [-0.05, 0) is 54.7 Å². The normalized spacial score (nSPS) is 15.3. The Morgan fingerprint density at radius 2 is 1.96 bits per heavy atom. The first-order valence-corrected chi connectivity index (χ1v) is 9.34. The Morgan fingerprint density at radius 1 is 1.19 bits per heavy atom. The van der Waals surface area contributed by atoms with Gasteiger partial charge >= 0.3 is 0 Å². The molecule has 0 unspecified atom stereocenters. The maximum absolute atomic E-state index is 9.59. The van der Waals surface area contributed by atoms with E-state index in [0.717, 1.165) is 56.1 Å². The fourth-order valence-electron chi connectivity index (χ4n) is 3.54. The fourth-order valence-corrected chi connectivity index (χ4v) is 3.54. The third-order valence-electron chi connectivity index (χ3n) is 4.93. The third kappa shape index (κ3) is 4.39. The average Bonchev–Trinajstić information content (AvgIpc) is 2.64. The first-order chi connectivity index (χ1) is 12.6. The summed E-state index contributed by atoms with van der Waals surface area (Å²) in [6.45, 7) is 11.2. The van der Waals surface area contributed by atoms with Crippen LogP contribution in [0.5, 0.6) is 0 Å². The molecule has 0 atom stereocenters. The number of hydrogen-bond donors (Lipinski definition) is 0. The Morgan fingerprint density at radius 3 is 2.58 bits per heavy atom. The molecule has 2 heterocycles. The maximum Gasteiger partial charge on any atom is 0.101 e. The van der Waals surface area contributed by atoms with Crippen molar-refractivity contribution in [2.45, 2.75) is 33.7 Å². The van der Waals surface area contributed by atoms with E-state index in [2.05, 4.69) is 59.0 Å². The summed E-state index contributed by atoms with van der Waals surface area (Å²) in [7, 11) is 0. The molecule has 5 heteroatoms. The number of nitriles is 1. The van der Waals surface area contributed by atoms with E-state index in [1.54, 1.807) is 6.20 Å². The summed E-state index contributed by atoms with van der Waals surface area (Å²) in [6, 6.07) is 10.6. The highest BCUT2D eigenvalue weighted by Gasteiger charge is 2.21. The molecule has 1 saturated heterocycles. The van der Waals surface area contributed by atoms with Crippen molar-refractivity contribution in [3.05, 3.63) is 52.8 Å². The molecule has 136 valence electrons. The first kappa shape index (κ1) is 18.3. The minimum atomic E-state index is 0.610. The molecule has 2 aromatic rings. The minimum absolute atomic E-state index is 0.610. The minimum Gasteiger partial charge on any atom is -0.368 e. The summed E-state index contributed by atoms with van der Waals surface area (Å²) < 4.78 is 0. The summed E-state index contributed by atoms with van der Waals surface area (Å²) in [5, 5.41) is 17.7. The second-order valence-corrected chi connectivity index (χ2v) is 7.48. The van der Waals surface area contributed by atoms with Gasteiger partial charge < -0.3 is 4.90 Å².